The molecule has 0 amide bonds. The summed E-state index contributed by atoms with van der Waals surface area (Å²) in [5.74, 6) is 0.860. The van der Waals surface area contributed by atoms with Crippen LogP contribution in [-0.4, -0.2) is 34.6 Å². The van der Waals surface area contributed by atoms with Crippen LogP contribution in [0.5, 0.6) is 0 Å². The normalized spacial score (nSPS) is 13.0. The highest BCUT2D eigenvalue weighted by Gasteiger charge is 2.18. The van der Waals surface area contributed by atoms with Crippen LogP contribution in [0.2, 0.25) is 0 Å². The Morgan fingerprint density at radius 1 is 0.974 bits per heavy atom. The summed E-state index contributed by atoms with van der Waals surface area (Å²) in [7, 11) is 1.00. The van der Waals surface area contributed by atoms with Gasteiger partial charge in [-0.2, -0.15) is 0 Å². The van der Waals surface area contributed by atoms with E-state index in [0.717, 1.165) is 77.4 Å². The number of hydrogen-bond donors (Lipinski definition) is 2. The summed E-state index contributed by atoms with van der Waals surface area (Å²) in [6.45, 7) is 6.45. The van der Waals surface area contributed by atoms with Crippen LogP contribution in [0.15, 0.2) is 60.7 Å². The lowest BCUT2D eigenvalue weighted by atomic mass is 9.95. The van der Waals surface area contributed by atoms with E-state index < -0.39 is 0 Å². The van der Waals surface area contributed by atoms with E-state index in [9.17, 15) is 4.79 Å². The summed E-state index contributed by atoms with van der Waals surface area (Å²) >= 11 is 0. The van der Waals surface area contributed by atoms with Crippen molar-refractivity contribution in [2.24, 2.45) is 5.92 Å². The van der Waals surface area contributed by atoms with Crippen molar-refractivity contribution in [3.8, 4) is 0 Å². The number of aryl methyl sites for hydroxylation is 2. The minimum Gasteiger partial charge on any atom is -0.400 e. The Balaban J connectivity index is 0.000000748. The Hall–Kier alpha value is -3.57. The summed E-state index contributed by atoms with van der Waals surface area (Å²) in [5, 5.41) is 17.9. The first-order chi connectivity index (χ1) is 18.5. The molecule has 200 valence electrons. The summed E-state index contributed by atoms with van der Waals surface area (Å²) < 4.78 is 2.30. The molecule has 0 unspecified atom stereocenters. The molecule has 1 aliphatic rings. The van der Waals surface area contributed by atoms with Gasteiger partial charge in [0.1, 0.15) is 6.29 Å². The topological polar surface area (TPSA) is 83.2 Å². The lowest BCUT2D eigenvalue weighted by molar-refractivity contribution is -0.106. The number of hydrogen-bond acceptors (Lipinski definition) is 4. The van der Waals surface area contributed by atoms with Crippen molar-refractivity contribution in [3.63, 3.8) is 0 Å². The van der Waals surface area contributed by atoms with Gasteiger partial charge in [-0.3, -0.25) is 4.79 Å². The molecule has 2 N–H and O–H groups in total. The number of ketones is 1. The molecule has 0 saturated heterocycles. The van der Waals surface area contributed by atoms with E-state index in [0.29, 0.717) is 5.56 Å². The number of fused-ring (bicyclic) bond motifs is 3. The molecule has 5 nitrogen and oxygen atoms in total. The largest absolute Gasteiger partial charge is 0.400 e. The van der Waals surface area contributed by atoms with Crippen LogP contribution in [0.1, 0.15) is 79.4 Å². The van der Waals surface area contributed by atoms with Crippen molar-refractivity contribution in [3.05, 3.63) is 82.9 Å². The van der Waals surface area contributed by atoms with Crippen LogP contribution < -0.4 is 0 Å². The van der Waals surface area contributed by atoms with Gasteiger partial charge in [0, 0.05) is 52.3 Å². The van der Waals surface area contributed by atoms with E-state index in [1.54, 1.807) is 0 Å². The van der Waals surface area contributed by atoms with Gasteiger partial charge in [0.2, 0.25) is 0 Å². The molecule has 0 atom stereocenters. The molecule has 1 aromatic heterocycles. The SMILES string of the molecule is CC=O.CCn1c2ccc(C(=N)CCC3CCCC3)cc2c2cc(C(=O)c3ccccc3C)ccc21.CO. The molecule has 0 spiro atoms. The second-order valence-electron chi connectivity index (χ2n) is 9.76. The Kier molecular flexibility index (Phi) is 10.5. The van der Waals surface area contributed by atoms with Gasteiger partial charge in [-0.15, -0.1) is 0 Å². The van der Waals surface area contributed by atoms with Gasteiger partial charge in [0.25, 0.3) is 0 Å². The zero-order valence-electron chi connectivity index (χ0n) is 23.1. The monoisotopic (exact) mass is 512 g/mol. The molecular formula is C33H40N2O3. The fourth-order valence-corrected chi connectivity index (χ4v) is 5.55. The lowest BCUT2D eigenvalue weighted by Gasteiger charge is -2.10. The van der Waals surface area contributed by atoms with E-state index in [2.05, 4.69) is 35.8 Å². The van der Waals surface area contributed by atoms with Gasteiger partial charge in [0.15, 0.2) is 5.78 Å². The maximum absolute atomic E-state index is 13.3. The van der Waals surface area contributed by atoms with Gasteiger partial charge in [-0.25, -0.2) is 0 Å². The first kappa shape index (κ1) is 29.0. The molecule has 3 aromatic carbocycles. The molecule has 0 aliphatic heterocycles. The van der Waals surface area contributed by atoms with Crippen molar-refractivity contribution in [2.45, 2.75) is 65.8 Å². The average molecular weight is 513 g/mol. The van der Waals surface area contributed by atoms with Crippen molar-refractivity contribution >= 4 is 39.6 Å². The first-order valence-corrected chi connectivity index (χ1v) is 13.6. The van der Waals surface area contributed by atoms with E-state index in [1.165, 1.54) is 38.1 Å². The van der Waals surface area contributed by atoms with Crippen molar-refractivity contribution in [1.29, 1.82) is 5.41 Å². The number of nitrogens with zero attached hydrogens (tertiary/aromatic N) is 1. The van der Waals surface area contributed by atoms with Crippen molar-refractivity contribution in [1.82, 2.24) is 4.57 Å². The number of aliphatic hydroxyl groups is 1. The quantitative estimate of drug-likeness (QED) is 0.153. The second kappa shape index (κ2) is 13.8. The van der Waals surface area contributed by atoms with E-state index in [1.807, 2.05) is 43.3 Å². The van der Waals surface area contributed by atoms with Crippen LogP contribution >= 0.6 is 0 Å². The highest BCUT2D eigenvalue weighted by Crippen LogP contribution is 2.33. The smallest absolute Gasteiger partial charge is 0.193 e. The highest BCUT2D eigenvalue weighted by molar-refractivity contribution is 6.16. The third-order valence-corrected chi connectivity index (χ3v) is 7.46. The number of carbonyl (C=O) groups is 2. The number of aliphatic hydroxyl groups excluding tert-OH is 1. The molecule has 5 heteroatoms. The number of rotatable bonds is 7. The van der Waals surface area contributed by atoms with Gasteiger partial charge < -0.3 is 19.9 Å². The van der Waals surface area contributed by atoms with Crippen LogP contribution in [-0.2, 0) is 11.3 Å². The molecule has 1 heterocycles. The molecule has 0 radical (unpaired) electrons. The van der Waals surface area contributed by atoms with E-state index in [4.69, 9.17) is 15.3 Å². The predicted octanol–water partition coefficient (Wildman–Crippen LogP) is 7.51. The molecular weight excluding hydrogens is 472 g/mol. The first-order valence-electron chi connectivity index (χ1n) is 13.6. The number of nitrogens with one attached hydrogen (secondary N) is 1. The highest BCUT2D eigenvalue weighted by atomic mass is 16.2. The number of benzene rings is 3. The molecule has 5 rings (SSSR count). The Labute approximate surface area is 226 Å². The maximum atomic E-state index is 13.3. The Morgan fingerprint density at radius 3 is 2.11 bits per heavy atom. The molecule has 38 heavy (non-hydrogen) atoms. The molecule has 0 bridgehead atoms. The van der Waals surface area contributed by atoms with Gasteiger partial charge in [0.05, 0.1) is 0 Å². The zero-order valence-corrected chi connectivity index (χ0v) is 23.1. The van der Waals surface area contributed by atoms with Crippen molar-refractivity contribution in [2.75, 3.05) is 7.11 Å². The van der Waals surface area contributed by atoms with Gasteiger partial charge >= 0.3 is 0 Å². The molecule has 4 aromatic rings. The van der Waals surface area contributed by atoms with Gasteiger partial charge in [-0.1, -0.05) is 56.0 Å². The van der Waals surface area contributed by atoms with E-state index in [-0.39, 0.29) is 5.78 Å². The molecule has 1 fully saturated rings. The number of aromatic nitrogens is 1. The minimum absolute atomic E-state index is 0.0628. The van der Waals surface area contributed by atoms with Crippen LogP contribution in [0.3, 0.4) is 0 Å². The number of aldehydes is 1. The molecule has 1 aliphatic carbocycles. The second-order valence-corrected chi connectivity index (χ2v) is 9.76. The van der Waals surface area contributed by atoms with Crippen LogP contribution in [0.25, 0.3) is 21.8 Å². The van der Waals surface area contributed by atoms with Crippen LogP contribution in [0.4, 0.5) is 0 Å². The maximum Gasteiger partial charge on any atom is 0.193 e. The van der Waals surface area contributed by atoms with E-state index >= 15 is 0 Å². The lowest BCUT2D eigenvalue weighted by Crippen LogP contribution is -2.03. The Bertz CT molecular complexity index is 1410. The van der Waals surface area contributed by atoms with Crippen molar-refractivity contribution < 1.29 is 14.7 Å². The van der Waals surface area contributed by atoms with Gasteiger partial charge in [-0.05, 0) is 81.0 Å². The molecule has 1 saturated carbocycles. The fraction of sp³-hybridized carbons (Fsp3) is 0.364. The third-order valence-electron chi connectivity index (χ3n) is 7.46. The summed E-state index contributed by atoms with van der Waals surface area (Å²) in [6.07, 6.45) is 8.08. The summed E-state index contributed by atoms with van der Waals surface area (Å²) in [5.41, 5.74) is 6.51. The zero-order chi connectivity index (χ0) is 27.7. The fourth-order valence-electron chi connectivity index (χ4n) is 5.55. The summed E-state index contributed by atoms with van der Waals surface area (Å²) in [6, 6.07) is 20.3. The average Bonchev–Trinajstić information content (AvgIpc) is 3.58. The Morgan fingerprint density at radius 2 is 1.53 bits per heavy atom. The number of carbonyl (C=O) groups excluding carboxylic acids is 2. The van der Waals surface area contributed by atoms with Crippen LogP contribution in [0, 0.1) is 18.3 Å². The minimum atomic E-state index is 0.0628. The standard InChI is InChI=1S/C30H32N2O.C2H4O.CH4O/c1-3-32-28-16-13-22(27(31)15-12-21-9-5-6-10-21)18-25(28)26-19-23(14-17-29(26)32)30(33)24-11-7-4-8-20(24)2;1-2-3;1-2/h4,7-8,11,13-14,16-19,21,31H,3,5-6,9-10,12,15H2,1-2H3;2H,1H3;2H,1H3. The summed E-state index contributed by atoms with van der Waals surface area (Å²) in [4.78, 5) is 22.1. The third kappa shape index (κ3) is 6.28. The predicted molar refractivity (Wildman–Crippen MR) is 158 cm³/mol.